The van der Waals surface area contributed by atoms with Crippen LogP contribution in [0.3, 0.4) is 0 Å². The first-order valence-electron chi connectivity index (χ1n) is 5.90. The van der Waals surface area contributed by atoms with Gasteiger partial charge in [0.05, 0.1) is 14.2 Å². The van der Waals surface area contributed by atoms with E-state index in [1.54, 1.807) is 14.0 Å². The Bertz CT molecular complexity index is 710. The number of benzene rings is 1. The Labute approximate surface area is 121 Å². The molecule has 1 aromatic heterocycles. The highest BCUT2D eigenvalue weighted by atomic mass is 32.1. The monoisotopic (exact) mass is 290 g/mol. The number of H-pyrrole nitrogens is 1. The van der Waals surface area contributed by atoms with Gasteiger partial charge in [-0.05, 0) is 19.1 Å². The predicted octanol–water partition coefficient (Wildman–Crippen LogP) is 2.91. The molecule has 0 bridgehead atoms. The molecule has 0 unspecified atom stereocenters. The van der Waals surface area contributed by atoms with E-state index in [1.807, 2.05) is 24.3 Å². The van der Waals surface area contributed by atoms with Gasteiger partial charge in [-0.1, -0.05) is 24.4 Å². The molecule has 2 aromatic rings. The molecule has 0 spiro atoms. The molecule has 104 valence electrons. The second-order valence-corrected chi connectivity index (χ2v) is 4.50. The van der Waals surface area contributed by atoms with Gasteiger partial charge in [0.1, 0.15) is 21.8 Å². The quantitative estimate of drug-likeness (QED) is 0.695. The van der Waals surface area contributed by atoms with E-state index < -0.39 is 5.97 Å². The molecule has 20 heavy (non-hydrogen) atoms. The van der Waals surface area contributed by atoms with E-state index in [9.17, 15) is 4.79 Å². The van der Waals surface area contributed by atoms with Gasteiger partial charge in [-0.25, -0.2) is 9.78 Å². The van der Waals surface area contributed by atoms with Gasteiger partial charge in [-0.3, -0.25) is 0 Å². The highest BCUT2D eigenvalue weighted by Gasteiger charge is 2.15. The number of carbonyl (C=O) groups is 1. The molecule has 1 heterocycles. The Balaban J connectivity index is 2.55. The molecule has 6 heteroatoms. The van der Waals surface area contributed by atoms with Gasteiger partial charge in [-0.15, -0.1) is 0 Å². The second-order valence-electron chi connectivity index (χ2n) is 4.11. The fourth-order valence-corrected chi connectivity index (χ4v) is 2.16. The molecule has 0 aliphatic heterocycles. The summed E-state index contributed by atoms with van der Waals surface area (Å²) in [7, 11) is 2.91. The first-order valence-corrected chi connectivity index (χ1v) is 6.31. The molecule has 0 fully saturated rings. The molecule has 1 N–H and O–H groups in total. The van der Waals surface area contributed by atoms with Crippen LogP contribution < -0.4 is 4.74 Å². The average Bonchev–Trinajstić information content (AvgIpc) is 2.46. The number of aromatic nitrogens is 2. The predicted molar refractivity (Wildman–Crippen MR) is 77.5 cm³/mol. The Kier molecular flexibility index (Phi) is 4.14. The maximum Gasteiger partial charge on any atom is 0.342 e. The number of aromatic amines is 1. The third-order valence-corrected chi connectivity index (χ3v) is 3.14. The highest BCUT2D eigenvalue weighted by molar-refractivity contribution is 7.71. The van der Waals surface area contributed by atoms with Crippen LogP contribution in [0.5, 0.6) is 5.75 Å². The maximum absolute atomic E-state index is 11.6. The zero-order valence-electron chi connectivity index (χ0n) is 11.4. The van der Waals surface area contributed by atoms with E-state index in [1.165, 1.54) is 7.11 Å². The minimum atomic E-state index is -0.492. The van der Waals surface area contributed by atoms with Crippen LogP contribution in [-0.2, 0) is 4.74 Å². The van der Waals surface area contributed by atoms with E-state index in [4.69, 9.17) is 21.7 Å². The lowest BCUT2D eigenvalue weighted by Gasteiger charge is -2.08. The van der Waals surface area contributed by atoms with Gasteiger partial charge in [0.2, 0.25) is 0 Å². The highest BCUT2D eigenvalue weighted by Crippen LogP contribution is 2.22. The largest absolute Gasteiger partial charge is 0.497 e. The van der Waals surface area contributed by atoms with Crippen LogP contribution in [0.25, 0.3) is 11.4 Å². The smallest absolute Gasteiger partial charge is 0.342 e. The lowest BCUT2D eigenvalue weighted by molar-refractivity contribution is 0.0598. The van der Waals surface area contributed by atoms with Crippen molar-refractivity contribution in [3.05, 3.63) is 40.2 Å². The van der Waals surface area contributed by atoms with E-state index >= 15 is 0 Å². The van der Waals surface area contributed by atoms with Gasteiger partial charge >= 0.3 is 5.97 Å². The first-order chi connectivity index (χ1) is 9.56. The zero-order valence-corrected chi connectivity index (χ0v) is 12.2. The zero-order chi connectivity index (χ0) is 14.7. The summed E-state index contributed by atoms with van der Waals surface area (Å²) in [6, 6.07) is 7.42. The molecule has 0 saturated carbocycles. The summed E-state index contributed by atoms with van der Waals surface area (Å²) < 4.78 is 10.1. The summed E-state index contributed by atoms with van der Waals surface area (Å²) in [5.74, 6) is 0.811. The van der Waals surface area contributed by atoms with Crippen LogP contribution in [0.15, 0.2) is 24.3 Å². The van der Waals surface area contributed by atoms with Crippen molar-refractivity contribution in [2.75, 3.05) is 14.2 Å². The van der Waals surface area contributed by atoms with Crippen molar-refractivity contribution in [3.8, 4) is 17.1 Å². The van der Waals surface area contributed by atoms with Gasteiger partial charge < -0.3 is 14.5 Å². The van der Waals surface area contributed by atoms with Crippen molar-refractivity contribution in [2.24, 2.45) is 0 Å². The number of hydrogen-bond acceptors (Lipinski definition) is 5. The number of nitrogens with one attached hydrogen (secondary N) is 1. The number of nitrogens with zero attached hydrogens (tertiary/aromatic N) is 1. The first kappa shape index (κ1) is 14.2. The molecule has 0 atom stereocenters. The molecule has 5 nitrogen and oxygen atoms in total. The van der Waals surface area contributed by atoms with Crippen molar-refractivity contribution in [1.82, 2.24) is 9.97 Å². The van der Waals surface area contributed by atoms with Gasteiger partial charge in [0.25, 0.3) is 0 Å². The van der Waals surface area contributed by atoms with Crippen LogP contribution in [0.4, 0.5) is 0 Å². The molecule has 0 aliphatic carbocycles. The summed E-state index contributed by atoms with van der Waals surface area (Å²) in [6.07, 6.45) is 0. The SMILES string of the molecule is COC(=O)c1c(C)[nH]c(-c2cccc(OC)c2)nc1=S. The number of esters is 1. The van der Waals surface area contributed by atoms with E-state index in [2.05, 4.69) is 9.97 Å². The fourth-order valence-electron chi connectivity index (χ4n) is 1.84. The number of aryl methyl sites for hydroxylation is 1. The standard InChI is InChI=1S/C14H14N2O3S/c1-8-11(14(17)19-3)13(20)16-12(15-8)9-5-4-6-10(7-9)18-2/h4-7H,1-3H3,(H,15,16,20). The molecule has 0 amide bonds. The normalized spacial score (nSPS) is 10.2. The minimum Gasteiger partial charge on any atom is -0.497 e. The van der Waals surface area contributed by atoms with Crippen molar-refractivity contribution in [3.63, 3.8) is 0 Å². The molecule has 1 aromatic carbocycles. The number of methoxy groups -OCH3 is 2. The summed E-state index contributed by atoms with van der Waals surface area (Å²) in [4.78, 5) is 19.0. The maximum atomic E-state index is 11.6. The average molecular weight is 290 g/mol. The van der Waals surface area contributed by atoms with Crippen molar-refractivity contribution in [1.29, 1.82) is 0 Å². The van der Waals surface area contributed by atoms with Gasteiger partial charge in [-0.2, -0.15) is 0 Å². The Morgan fingerprint density at radius 3 is 2.70 bits per heavy atom. The Morgan fingerprint density at radius 2 is 2.10 bits per heavy atom. The fraction of sp³-hybridized carbons (Fsp3) is 0.214. The molecule has 0 saturated heterocycles. The molecule has 0 radical (unpaired) electrons. The number of rotatable bonds is 3. The second kappa shape index (κ2) is 5.83. The summed E-state index contributed by atoms with van der Waals surface area (Å²) in [6.45, 7) is 1.76. The summed E-state index contributed by atoms with van der Waals surface area (Å²) in [5, 5.41) is 0. The molecule has 2 rings (SSSR count). The van der Waals surface area contributed by atoms with E-state index in [0.29, 0.717) is 11.5 Å². The van der Waals surface area contributed by atoms with E-state index in [0.717, 1.165) is 11.3 Å². The number of carbonyl (C=O) groups excluding carboxylic acids is 1. The third kappa shape index (κ3) is 2.70. The van der Waals surface area contributed by atoms with Crippen LogP contribution in [-0.4, -0.2) is 30.2 Å². The molecular formula is C14H14N2O3S. The lowest BCUT2D eigenvalue weighted by atomic mass is 10.2. The van der Waals surface area contributed by atoms with Crippen LogP contribution >= 0.6 is 12.2 Å². The van der Waals surface area contributed by atoms with Crippen molar-refractivity contribution < 1.29 is 14.3 Å². The Hall–Kier alpha value is -2.21. The van der Waals surface area contributed by atoms with Gasteiger partial charge in [0, 0.05) is 11.3 Å². The van der Waals surface area contributed by atoms with E-state index in [-0.39, 0.29) is 10.2 Å². The summed E-state index contributed by atoms with van der Waals surface area (Å²) in [5.41, 5.74) is 1.73. The van der Waals surface area contributed by atoms with Crippen LogP contribution in [0, 0.1) is 11.6 Å². The topological polar surface area (TPSA) is 64.2 Å². The van der Waals surface area contributed by atoms with Crippen molar-refractivity contribution in [2.45, 2.75) is 6.92 Å². The van der Waals surface area contributed by atoms with Gasteiger partial charge in [0.15, 0.2) is 0 Å². The minimum absolute atomic E-state index is 0.214. The summed E-state index contributed by atoms with van der Waals surface area (Å²) >= 11 is 5.17. The van der Waals surface area contributed by atoms with Crippen LogP contribution in [0.2, 0.25) is 0 Å². The molecular weight excluding hydrogens is 276 g/mol. The molecule has 0 aliphatic rings. The van der Waals surface area contributed by atoms with Crippen LogP contribution in [0.1, 0.15) is 16.1 Å². The van der Waals surface area contributed by atoms with Crippen molar-refractivity contribution >= 4 is 18.2 Å². The number of ether oxygens (including phenoxy) is 2. The number of hydrogen-bond donors (Lipinski definition) is 1. The third-order valence-electron chi connectivity index (χ3n) is 2.84. The lowest BCUT2D eigenvalue weighted by Crippen LogP contribution is -2.08. The Morgan fingerprint density at radius 1 is 1.35 bits per heavy atom.